The van der Waals surface area contributed by atoms with E-state index in [-0.39, 0.29) is 0 Å². The number of rotatable bonds is 6. The van der Waals surface area contributed by atoms with Crippen LogP contribution in [0.1, 0.15) is 33.1 Å². The van der Waals surface area contributed by atoms with E-state index < -0.39 is 0 Å². The molecule has 1 heterocycles. The Labute approximate surface area is 111 Å². The van der Waals surface area contributed by atoms with Crippen LogP contribution >= 0.6 is 0 Å². The second-order valence-electron chi connectivity index (χ2n) is 4.74. The molecule has 0 saturated carbocycles. The number of hydrogen-bond donors (Lipinski definition) is 0. The van der Waals surface area contributed by atoms with Crippen LogP contribution in [-0.2, 0) is 4.74 Å². The molecule has 0 unspecified atom stereocenters. The summed E-state index contributed by atoms with van der Waals surface area (Å²) in [6, 6.07) is 0. The topological polar surface area (TPSA) is 12.5 Å². The zero-order valence-corrected chi connectivity index (χ0v) is 12.1. The fourth-order valence-electron chi connectivity index (χ4n) is 2.20. The number of allylic oxidation sites excluding steroid dienone is 3. The Hall–Kier alpha value is -1.44. The molecule has 0 atom stereocenters. The Morgan fingerprint density at radius 3 is 2.78 bits per heavy atom. The number of ether oxygens (including phenoxy) is 1. The van der Waals surface area contributed by atoms with Crippen LogP contribution in [0.25, 0.3) is 0 Å². The van der Waals surface area contributed by atoms with Gasteiger partial charge >= 0.3 is 0 Å². The molecule has 0 radical (unpaired) electrons. The summed E-state index contributed by atoms with van der Waals surface area (Å²) in [7, 11) is 3.82. The second-order valence-corrected chi connectivity index (χ2v) is 4.74. The van der Waals surface area contributed by atoms with Crippen molar-refractivity contribution < 1.29 is 4.74 Å². The highest BCUT2D eigenvalue weighted by Gasteiger charge is 2.19. The van der Waals surface area contributed by atoms with E-state index in [0.29, 0.717) is 0 Å². The van der Waals surface area contributed by atoms with Crippen LogP contribution in [0.5, 0.6) is 0 Å². The van der Waals surface area contributed by atoms with Crippen LogP contribution in [0.3, 0.4) is 0 Å². The molecule has 0 fully saturated rings. The smallest absolute Gasteiger partial charge is 0.118 e. The molecule has 18 heavy (non-hydrogen) atoms. The third-order valence-corrected chi connectivity index (χ3v) is 3.24. The van der Waals surface area contributed by atoms with Gasteiger partial charge in [0.05, 0.1) is 7.11 Å². The minimum Gasteiger partial charge on any atom is -0.497 e. The fraction of sp³-hybridized carbons (Fsp3) is 0.500. The summed E-state index contributed by atoms with van der Waals surface area (Å²) in [6.07, 6.45) is 9.79. The van der Waals surface area contributed by atoms with Gasteiger partial charge < -0.3 is 9.64 Å². The summed E-state index contributed by atoms with van der Waals surface area (Å²) in [5.41, 5.74) is 3.99. The molecule has 2 nitrogen and oxygen atoms in total. The molecule has 2 heteroatoms. The van der Waals surface area contributed by atoms with Crippen LogP contribution in [0.4, 0.5) is 0 Å². The number of hydrogen-bond acceptors (Lipinski definition) is 2. The molecule has 0 saturated heterocycles. The first-order valence-corrected chi connectivity index (χ1v) is 6.63. The predicted molar refractivity (Wildman–Crippen MR) is 78.2 cm³/mol. The van der Waals surface area contributed by atoms with Crippen molar-refractivity contribution >= 4 is 0 Å². The third-order valence-electron chi connectivity index (χ3n) is 3.24. The van der Waals surface area contributed by atoms with E-state index in [1.54, 1.807) is 13.2 Å². The molecule has 1 aliphatic rings. The van der Waals surface area contributed by atoms with E-state index in [0.717, 1.165) is 18.7 Å². The van der Waals surface area contributed by atoms with Gasteiger partial charge in [0.1, 0.15) is 5.76 Å². The van der Waals surface area contributed by atoms with Gasteiger partial charge in [-0.1, -0.05) is 26.0 Å². The van der Waals surface area contributed by atoms with Gasteiger partial charge in [-0.2, -0.15) is 0 Å². The first-order valence-electron chi connectivity index (χ1n) is 6.63. The summed E-state index contributed by atoms with van der Waals surface area (Å²) in [5, 5.41) is 0. The zero-order valence-electron chi connectivity index (χ0n) is 12.1. The van der Waals surface area contributed by atoms with Gasteiger partial charge in [-0.25, -0.2) is 0 Å². The van der Waals surface area contributed by atoms with Crippen molar-refractivity contribution in [3.63, 3.8) is 0 Å². The molecule has 1 aliphatic heterocycles. The standard InChI is InChI=1S/C16H25NO/c1-6-8-9-10-16-15(11-14(7-2)18-5)13(3)12-17(16)4/h7,10-11H,2,6,8-9,12H2,1,3-5H3/b14-11+,16-10-. The maximum Gasteiger partial charge on any atom is 0.118 e. The highest BCUT2D eigenvalue weighted by atomic mass is 16.5. The molecule has 1 rings (SSSR count). The number of unbranched alkanes of at least 4 members (excludes halogenated alkanes) is 2. The van der Waals surface area contributed by atoms with Gasteiger partial charge in [0.25, 0.3) is 0 Å². The average molecular weight is 247 g/mol. The molecule has 0 aromatic rings. The van der Waals surface area contributed by atoms with Crippen LogP contribution < -0.4 is 0 Å². The number of methoxy groups -OCH3 is 1. The van der Waals surface area contributed by atoms with E-state index in [4.69, 9.17) is 4.74 Å². The van der Waals surface area contributed by atoms with E-state index >= 15 is 0 Å². The SMILES string of the molecule is C=C/C(=C\C1=C(C)CN(C)/C1=C\CCCC)OC. The van der Waals surface area contributed by atoms with Crippen LogP contribution in [0.2, 0.25) is 0 Å². The van der Waals surface area contributed by atoms with Crippen LogP contribution in [-0.4, -0.2) is 25.6 Å². The van der Waals surface area contributed by atoms with Crippen molar-refractivity contribution in [2.75, 3.05) is 20.7 Å². The minimum atomic E-state index is 0.820. The van der Waals surface area contributed by atoms with Crippen molar-refractivity contribution in [3.05, 3.63) is 47.4 Å². The third kappa shape index (κ3) is 3.52. The van der Waals surface area contributed by atoms with Gasteiger partial charge in [-0.15, -0.1) is 0 Å². The highest BCUT2D eigenvalue weighted by Crippen LogP contribution is 2.29. The molecule has 0 N–H and O–H groups in total. The van der Waals surface area contributed by atoms with Gasteiger partial charge in [-0.3, -0.25) is 0 Å². The van der Waals surface area contributed by atoms with Crippen molar-refractivity contribution in [2.45, 2.75) is 33.1 Å². The van der Waals surface area contributed by atoms with E-state index in [9.17, 15) is 0 Å². The summed E-state index contributed by atoms with van der Waals surface area (Å²) < 4.78 is 5.28. The maximum atomic E-state index is 5.28. The van der Waals surface area contributed by atoms with E-state index in [1.165, 1.54) is 29.7 Å². The van der Waals surface area contributed by atoms with Crippen LogP contribution in [0.15, 0.2) is 47.4 Å². The fourth-order valence-corrected chi connectivity index (χ4v) is 2.20. The Morgan fingerprint density at radius 1 is 1.50 bits per heavy atom. The summed E-state index contributed by atoms with van der Waals surface area (Å²) >= 11 is 0. The average Bonchev–Trinajstić information content (AvgIpc) is 2.62. The Balaban J connectivity index is 2.97. The molecular weight excluding hydrogens is 222 g/mol. The van der Waals surface area contributed by atoms with Gasteiger partial charge in [0, 0.05) is 24.9 Å². The predicted octanol–water partition coefficient (Wildman–Crippen LogP) is 4.04. The second kappa shape index (κ2) is 7.10. The van der Waals surface area contributed by atoms with Crippen molar-refractivity contribution in [1.82, 2.24) is 4.90 Å². The lowest BCUT2D eigenvalue weighted by Gasteiger charge is -2.15. The van der Waals surface area contributed by atoms with Gasteiger partial charge in [-0.05, 0) is 37.5 Å². The summed E-state index contributed by atoms with van der Waals surface area (Å²) in [4.78, 5) is 2.30. The van der Waals surface area contributed by atoms with Crippen molar-refractivity contribution in [1.29, 1.82) is 0 Å². The summed E-state index contributed by atoms with van der Waals surface area (Å²) in [6.45, 7) is 9.17. The van der Waals surface area contributed by atoms with Crippen molar-refractivity contribution in [2.24, 2.45) is 0 Å². The summed E-state index contributed by atoms with van der Waals surface area (Å²) in [5.74, 6) is 0.820. The first kappa shape index (κ1) is 14.6. The first-order chi connectivity index (χ1) is 8.63. The maximum absolute atomic E-state index is 5.28. The van der Waals surface area contributed by atoms with E-state index in [2.05, 4.69) is 44.5 Å². The zero-order chi connectivity index (χ0) is 13.5. The number of likely N-dealkylation sites (N-methyl/N-ethyl adjacent to an activating group) is 1. The van der Waals surface area contributed by atoms with Gasteiger partial charge in [0.2, 0.25) is 0 Å². The lowest BCUT2D eigenvalue weighted by atomic mass is 10.1. The minimum absolute atomic E-state index is 0.820. The van der Waals surface area contributed by atoms with Gasteiger partial charge in [0.15, 0.2) is 0 Å². The quantitative estimate of drug-likeness (QED) is 0.399. The highest BCUT2D eigenvalue weighted by molar-refractivity contribution is 5.48. The molecule has 0 bridgehead atoms. The monoisotopic (exact) mass is 247 g/mol. The molecular formula is C16H25NO. The molecule has 0 aromatic heterocycles. The van der Waals surface area contributed by atoms with E-state index in [1.807, 2.05) is 0 Å². The normalized spacial score (nSPS) is 18.8. The van der Waals surface area contributed by atoms with Crippen LogP contribution in [0, 0.1) is 0 Å². The molecule has 0 aliphatic carbocycles. The van der Waals surface area contributed by atoms with Crippen molar-refractivity contribution in [3.8, 4) is 0 Å². The lowest BCUT2D eigenvalue weighted by Crippen LogP contribution is -2.13. The Morgan fingerprint density at radius 2 is 2.22 bits per heavy atom. The lowest BCUT2D eigenvalue weighted by molar-refractivity contribution is 0.307. The Bertz CT molecular complexity index is 388. The molecule has 100 valence electrons. The Kier molecular flexibility index (Phi) is 5.76. The number of nitrogens with zero attached hydrogens (tertiary/aromatic N) is 1. The molecule has 0 amide bonds. The molecule has 0 aromatic carbocycles. The molecule has 0 spiro atoms. The largest absolute Gasteiger partial charge is 0.497 e.